The first-order chi connectivity index (χ1) is 9.96. The molecule has 7 nitrogen and oxygen atoms in total. The fourth-order valence-corrected chi connectivity index (χ4v) is 5.07. The second-order valence-corrected chi connectivity index (χ2v) is 7.70. The summed E-state index contributed by atoms with van der Waals surface area (Å²) >= 11 is 1.17. The smallest absolute Gasteiger partial charge is 0.309 e. The Morgan fingerprint density at radius 3 is 2.81 bits per heavy atom. The summed E-state index contributed by atoms with van der Waals surface area (Å²) in [6.07, 6.45) is 1.41. The first-order valence-corrected chi connectivity index (χ1v) is 8.84. The van der Waals surface area contributed by atoms with Crippen molar-refractivity contribution in [3.8, 4) is 0 Å². The number of amides is 2. The highest BCUT2D eigenvalue weighted by atomic mass is 32.2. The summed E-state index contributed by atoms with van der Waals surface area (Å²) in [5.41, 5.74) is 0. The highest BCUT2D eigenvalue weighted by Crippen LogP contribution is 2.28. The SMILES string of the molecule is CNC(=O)C(=O)NC[C@@H]1CCCN1S(=O)(=O)c1cccs1. The fourth-order valence-electron chi connectivity index (χ4n) is 2.26. The van der Waals surface area contributed by atoms with Crippen molar-refractivity contribution in [2.45, 2.75) is 23.1 Å². The lowest BCUT2D eigenvalue weighted by Crippen LogP contribution is -2.46. The predicted octanol–water partition coefficient (Wildman–Crippen LogP) is -0.237. The molecule has 0 aliphatic carbocycles. The van der Waals surface area contributed by atoms with Crippen molar-refractivity contribution in [1.82, 2.24) is 14.9 Å². The summed E-state index contributed by atoms with van der Waals surface area (Å²) in [5.74, 6) is -1.49. The molecule has 1 aromatic rings. The van der Waals surface area contributed by atoms with Crippen molar-refractivity contribution >= 4 is 33.2 Å². The predicted molar refractivity (Wildman–Crippen MR) is 78.3 cm³/mol. The lowest BCUT2D eigenvalue weighted by Gasteiger charge is -2.23. The van der Waals surface area contributed by atoms with Gasteiger partial charge in [0, 0.05) is 26.2 Å². The van der Waals surface area contributed by atoms with E-state index in [-0.39, 0.29) is 12.6 Å². The van der Waals surface area contributed by atoms with E-state index in [1.807, 2.05) is 0 Å². The Labute approximate surface area is 127 Å². The average molecular weight is 331 g/mol. The molecular weight excluding hydrogens is 314 g/mol. The van der Waals surface area contributed by atoms with Crippen LogP contribution in [0.2, 0.25) is 0 Å². The largest absolute Gasteiger partial charge is 0.351 e. The van der Waals surface area contributed by atoms with Gasteiger partial charge < -0.3 is 10.6 Å². The van der Waals surface area contributed by atoms with Gasteiger partial charge >= 0.3 is 11.8 Å². The normalized spacial score (nSPS) is 19.4. The standard InChI is InChI=1S/C12H17N3O4S2/c1-13-11(16)12(17)14-8-9-4-2-6-15(9)21(18,19)10-5-3-7-20-10/h3,5,7,9H,2,4,6,8H2,1H3,(H,13,16)(H,14,17)/t9-/m0/s1. The van der Waals surface area contributed by atoms with E-state index in [1.165, 1.54) is 22.7 Å². The van der Waals surface area contributed by atoms with Crippen LogP contribution >= 0.6 is 11.3 Å². The zero-order valence-corrected chi connectivity index (χ0v) is 13.2. The van der Waals surface area contributed by atoms with Crippen LogP contribution < -0.4 is 10.6 Å². The van der Waals surface area contributed by atoms with E-state index < -0.39 is 21.8 Å². The molecule has 1 atom stereocenters. The summed E-state index contributed by atoms with van der Waals surface area (Å²) < 4.78 is 26.7. The molecule has 1 aliphatic rings. The van der Waals surface area contributed by atoms with Gasteiger partial charge in [-0.25, -0.2) is 8.42 Å². The Morgan fingerprint density at radius 1 is 1.43 bits per heavy atom. The molecule has 0 unspecified atom stereocenters. The number of hydrogen-bond donors (Lipinski definition) is 2. The van der Waals surface area contributed by atoms with Gasteiger partial charge in [-0.15, -0.1) is 11.3 Å². The number of sulfonamides is 1. The van der Waals surface area contributed by atoms with E-state index in [0.717, 1.165) is 6.42 Å². The molecule has 116 valence electrons. The number of thiophene rings is 1. The third-order valence-electron chi connectivity index (χ3n) is 3.31. The minimum absolute atomic E-state index is 0.136. The van der Waals surface area contributed by atoms with Crippen LogP contribution in [0.25, 0.3) is 0 Å². The Morgan fingerprint density at radius 2 is 2.19 bits per heavy atom. The van der Waals surface area contributed by atoms with E-state index in [4.69, 9.17) is 0 Å². The first kappa shape index (κ1) is 15.9. The maximum Gasteiger partial charge on any atom is 0.309 e. The van der Waals surface area contributed by atoms with E-state index in [0.29, 0.717) is 17.2 Å². The van der Waals surface area contributed by atoms with Crippen LogP contribution in [0.5, 0.6) is 0 Å². The molecule has 1 fully saturated rings. The molecule has 0 radical (unpaired) electrons. The first-order valence-electron chi connectivity index (χ1n) is 6.52. The molecule has 0 saturated carbocycles. The molecule has 21 heavy (non-hydrogen) atoms. The third-order valence-corrected chi connectivity index (χ3v) is 6.64. The van der Waals surface area contributed by atoms with Gasteiger partial charge in [0.15, 0.2) is 0 Å². The number of carbonyl (C=O) groups excluding carboxylic acids is 2. The van der Waals surface area contributed by atoms with Crippen LogP contribution in [-0.2, 0) is 19.6 Å². The van der Waals surface area contributed by atoms with E-state index in [1.54, 1.807) is 17.5 Å². The monoisotopic (exact) mass is 331 g/mol. The topological polar surface area (TPSA) is 95.6 Å². The maximum atomic E-state index is 12.5. The Hall–Kier alpha value is -1.45. The molecule has 0 bridgehead atoms. The van der Waals surface area contributed by atoms with Crippen LogP contribution in [-0.4, -0.2) is 50.7 Å². The van der Waals surface area contributed by atoms with Gasteiger partial charge in [-0.1, -0.05) is 6.07 Å². The number of carbonyl (C=O) groups is 2. The molecule has 2 amide bonds. The quantitative estimate of drug-likeness (QED) is 0.745. The van der Waals surface area contributed by atoms with Crippen molar-refractivity contribution in [2.75, 3.05) is 20.1 Å². The van der Waals surface area contributed by atoms with Gasteiger partial charge in [-0.3, -0.25) is 9.59 Å². The summed E-state index contributed by atoms with van der Waals surface area (Å²) in [4.78, 5) is 22.6. The van der Waals surface area contributed by atoms with Gasteiger partial charge in [0.05, 0.1) is 0 Å². The Kier molecular flexibility index (Phi) is 4.96. The van der Waals surface area contributed by atoms with Crippen LogP contribution in [0.3, 0.4) is 0 Å². The van der Waals surface area contributed by atoms with Crippen LogP contribution in [0.15, 0.2) is 21.7 Å². The summed E-state index contributed by atoms with van der Waals surface area (Å²) in [6.45, 7) is 0.567. The molecular formula is C12H17N3O4S2. The van der Waals surface area contributed by atoms with Crippen molar-refractivity contribution in [1.29, 1.82) is 0 Å². The molecule has 0 spiro atoms. The van der Waals surface area contributed by atoms with Crippen molar-refractivity contribution < 1.29 is 18.0 Å². The van der Waals surface area contributed by atoms with Crippen molar-refractivity contribution in [2.24, 2.45) is 0 Å². The van der Waals surface area contributed by atoms with Gasteiger partial charge in [-0.2, -0.15) is 4.31 Å². The highest BCUT2D eigenvalue weighted by Gasteiger charge is 2.36. The van der Waals surface area contributed by atoms with Crippen molar-refractivity contribution in [3.05, 3.63) is 17.5 Å². The molecule has 0 aromatic carbocycles. The summed E-state index contributed by atoms with van der Waals surface area (Å²) in [5, 5.41) is 6.41. The minimum atomic E-state index is -3.52. The molecule has 9 heteroatoms. The minimum Gasteiger partial charge on any atom is -0.351 e. The van der Waals surface area contributed by atoms with Gasteiger partial charge in [0.2, 0.25) is 0 Å². The second-order valence-electron chi connectivity index (χ2n) is 4.63. The lowest BCUT2D eigenvalue weighted by atomic mass is 10.2. The molecule has 2 heterocycles. The molecule has 1 saturated heterocycles. The average Bonchev–Trinajstić information content (AvgIpc) is 3.14. The van der Waals surface area contributed by atoms with Gasteiger partial charge in [0.25, 0.3) is 10.0 Å². The Bertz CT molecular complexity index is 612. The zero-order valence-electron chi connectivity index (χ0n) is 11.5. The zero-order chi connectivity index (χ0) is 15.5. The van der Waals surface area contributed by atoms with Crippen LogP contribution in [0.1, 0.15) is 12.8 Å². The van der Waals surface area contributed by atoms with Crippen LogP contribution in [0, 0.1) is 0 Å². The number of nitrogens with one attached hydrogen (secondary N) is 2. The highest BCUT2D eigenvalue weighted by molar-refractivity contribution is 7.91. The summed E-state index contributed by atoms with van der Waals surface area (Å²) in [6, 6.07) is 2.94. The number of rotatable bonds is 4. The Balaban J connectivity index is 2.04. The van der Waals surface area contributed by atoms with Crippen molar-refractivity contribution in [3.63, 3.8) is 0 Å². The lowest BCUT2D eigenvalue weighted by molar-refractivity contribution is -0.138. The van der Waals surface area contributed by atoms with E-state index in [2.05, 4.69) is 10.6 Å². The van der Waals surface area contributed by atoms with Crippen LogP contribution in [0.4, 0.5) is 0 Å². The van der Waals surface area contributed by atoms with E-state index in [9.17, 15) is 18.0 Å². The number of likely N-dealkylation sites (N-methyl/N-ethyl adjacent to an activating group) is 1. The van der Waals surface area contributed by atoms with E-state index >= 15 is 0 Å². The maximum absolute atomic E-state index is 12.5. The third kappa shape index (κ3) is 3.42. The van der Waals surface area contributed by atoms with Gasteiger partial charge in [0.1, 0.15) is 4.21 Å². The number of nitrogens with zero attached hydrogens (tertiary/aromatic N) is 1. The molecule has 2 rings (SSSR count). The molecule has 1 aromatic heterocycles. The molecule has 2 N–H and O–H groups in total. The van der Waals surface area contributed by atoms with Gasteiger partial charge in [-0.05, 0) is 24.3 Å². The fraction of sp³-hybridized carbons (Fsp3) is 0.500. The second kappa shape index (κ2) is 6.54. The number of hydrogen-bond acceptors (Lipinski definition) is 5. The summed E-state index contributed by atoms with van der Waals surface area (Å²) in [7, 11) is -2.15. The molecule has 1 aliphatic heterocycles.